The first kappa shape index (κ1) is 25.7. The van der Waals surface area contributed by atoms with Crippen LogP contribution in [0.1, 0.15) is 65.3 Å². The third kappa shape index (κ3) is 5.23. The van der Waals surface area contributed by atoms with Crippen molar-refractivity contribution in [2.75, 3.05) is 11.4 Å². The van der Waals surface area contributed by atoms with Crippen LogP contribution in [0.2, 0.25) is 0 Å². The summed E-state index contributed by atoms with van der Waals surface area (Å²) >= 11 is 0. The summed E-state index contributed by atoms with van der Waals surface area (Å²) < 4.78 is 1.96. The number of carbonyl (C=O) groups excluding carboxylic acids is 1. The van der Waals surface area contributed by atoms with E-state index >= 15 is 0 Å². The third-order valence-corrected chi connectivity index (χ3v) is 7.46. The lowest BCUT2D eigenvalue weighted by molar-refractivity contribution is 0.0950. The van der Waals surface area contributed by atoms with Gasteiger partial charge in [0.2, 0.25) is 0 Å². The number of aromatic amines is 1. The number of aromatic nitrogens is 3. The number of anilines is 1. The molecule has 8 nitrogen and oxygen atoms in total. The smallest absolute Gasteiger partial charge is 0.253 e. The van der Waals surface area contributed by atoms with Crippen molar-refractivity contribution in [1.29, 1.82) is 0 Å². The summed E-state index contributed by atoms with van der Waals surface area (Å²) in [6, 6.07) is 6.64. The zero-order valence-electron chi connectivity index (χ0n) is 22.0. The molecule has 1 aliphatic carbocycles. The molecule has 192 valence electrons. The number of imidazole rings is 1. The number of hydrogen-bond acceptors (Lipinski definition) is 5. The molecule has 0 saturated heterocycles. The molecule has 36 heavy (non-hydrogen) atoms. The maximum absolute atomic E-state index is 13.5. The van der Waals surface area contributed by atoms with Gasteiger partial charge < -0.3 is 25.5 Å². The van der Waals surface area contributed by atoms with Gasteiger partial charge in [-0.1, -0.05) is 0 Å². The summed E-state index contributed by atoms with van der Waals surface area (Å²) in [6.07, 6.45) is 7.77. The normalized spacial score (nSPS) is 17.7. The van der Waals surface area contributed by atoms with E-state index < -0.39 is 0 Å². The van der Waals surface area contributed by atoms with Gasteiger partial charge in [-0.3, -0.25) is 9.59 Å². The monoisotopic (exact) mass is 490 g/mol. The first-order valence-electron chi connectivity index (χ1n) is 12.8. The molecule has 1 aromatic carbocycles. The van der Waals surface area contributed by atoms with Crippen LogP contribution in [-0.4, -0.2) is 39.1 Å². The number of rotatable bonds is 7. The van der Waals surface area contributed by atoms with Crippen LogP contribution in [0.15, 0.2) is 35.4 Å². The van der Waals surface area contributed by atoms with Crippen molar-refractivity contribution in [3.8, 4) is 11.4 Å². The predicted molar refractivity (Wildman–Crippen MR) is 144 cm³/mol. The number of nitrogens with zero attached hydrogens (tertiary/aromatic N) is 3. The molecule has 4 rings (SSSR count). The van der Waals surface area contributed by atoms with Crippen molar-refractivity contribution in [1.82, 2.24) is 19.9 Å². The molecular formula is C28H38N6O2. The molecule has 1 fully saturated rings. The fourth-order valence-electron chi connectivity index (χ4n) is 5.41. The minimum absolute atomic E-state index is 0.166. The van der Waals surface area contributed by atoms with Gasteiger partial charge in [-0.05, 0) is 82.7 Å². The Kier molecular flexibility index (Phi) is 7.64. The highest BCUT2D eigenvalue weighted by Crippen LogP contribution is 2.34. The van der Waals surface area contributed by atoms with Crippen molar-refractivity contribution in [2.24, 2.45) is 12.8 Å². The van der Waals surface area contributed by atoms with E-state index in [2.05, 4.69) is 33.2 Å². The molecule has 0 unspecified atom stereocenters. The Bertz CT molecular complexity index is 1300. The van der Waals surface area contributed by atoms with Crippen LogP contribution in [0, 0.1) is 20.8 Å². The zero-order valence-corrected chi connectivity index (χ0v) is 22.0. The number of nitrogens with two attached hydrogens (primary N) is 1. The number of hydrogen-bond donors (Lipinski definition) is 3. The Morgan fingerprint density at radius 3 is 2.53 bits per heavy atom. The largest absolute Gasteiger partial charge is 0.369 e. The van der Waals surface area contributed by atoms with Gasteiger partial charge in [-0.25, -0.2) is 4.98 Å². The van der Waals surface area contributed by atoms with E-state index in [4.69, 9.17) is 5.73 Å². The highest BCUT2D eigenvalue weighted by Gasteiger charge is 2.27. The van der Waals surface area contributed by atoms with E-state index in [0.29, 0.717) is 17.2 Å². The van der Waals surface area contributed by atoms with Crippen LogP contribution in [0.5, 0.6) is 0 Å². The van der Waals surface area contributed by atoms with Crippen molar-refractivity contribution < 1.29 is 4.79 Å². The predicted octanol–water partition coefficient (Wildman–Crippen LogP) is 3.73. The molecular weight excluding hydrogens is 452 g/mol. The molecule has 0 bridgehead atoms. The molecule has 2 aromatic heterocycles. The zero-order chi connectivity index (χ0) is 26.0. The fourth-order valence-corrected chi connectivity index (χ4v) is 5.41. The van der Waals surface area contributed by atoms with Crippen LogP contribution >= 0.6 is 0 Å². The molecule has 1 aliphatic rings. The Labute approximate surface area is 212 Å². The first-order valence-corrected chi connectivity index (χ1v) is 12.8. The fraction of sp³-hybridized carbons (Fsp3) is 0.464. The van der Waals surface area contributed by atoms with E-state index in [1.165, 1.54) is 0 Å². The number of carbonyl (C=O) groups is 1. The number of nitrogens with one attached hydrogen (secondary N) is 2. The number of H-pyrrole nitrogens is 1. The molecule has 3 aromatic rings. The summed E-state index contributed by atoms with van der Waals surface area (Å²) in [5, 5.41) is 2.99. The van der Waals surface area contributed by atoms with Crippen molar-refractivity contribution in [2.45, 2.75) is 72.0 Å². The van der Waals surface area contributed by atoms with E-state index in [9.17, 15) is 9.59 Å². The average molecular weight is 491 g/mol. The maximum atomic E-state index is 13.5. The van der Waals surface area contributed by atoms with Gasteiger partial charge in [0.25, 0.3) is 11.5 Å². The molecule has 0 atom stereocenters. The summed E-state index contributed by atoms with van der Waals surface area (Å²) in [5.41, 5.74) is 11.7. The van der Waals surface area contributed by atoms with Crippen LogP contribution in [0.25, 0.3) is 11.4 Å². The quantitative estimate of drug-likeness (QED) is 0.468. The van der Waals surface area contributed by atoms with Gasteiger partial charge in [-0.15, -0.1) is 0 Å². The van der Waals surface area contributed by atoms with Gasteiger partial charge >= 0.3 is 0 Å². The topological polar surface area (TPSA) is 109 Å². The Hall–Kier alpha value is -3.39. The minimum Gasteiger partial charge on any atom is -0.369 e. The molecule has 1 amide bonds. The van der Waals surface area contributed by atoms with Gasteiger partial charge in [0.15, 0.2) is 0 Å². The minimum atomic E-state index is -0.203. The Balaban J connectivity index is 1.72. The number of aryl methyl sites for hydroxylation is 3. The van der Waals surface area contributed by atoms with E-state index in [0.717, 1.165) is 66.1 Å². The van der Waals surface area contributed by atoms with E-state index in [1.54, 1.807) is 6.20 Å². The van der Waals surface area contributed by atoms with Gasteiger partial charge in [0.1, 0.15) is 5.82 Å². The molecule has 1 saturated carbocycles. The molecule has 0 aliphatic heterocycles. The number of pyridine rings is 1. The number of benzene rings is 1. The summed E-state index contributed by atoms with van der Waals surface area (Å²) in [6.45, 7) is 8.92. The summed E-state index contributed by atoms with van der Waals surface area (Å²) in [5.74, 6) is 0.601. The standard InChI is InChI=1S/C28H38N6O2/c1-6-34(22-9-7-21(29)8-10-22)25-15-20(26-30-11-12-33(26)5)14-23(19(25)4)27(35)31-16-24-17(2)13-18(3)32-28(24)36/h11-15,21-22H,6-10,16,29H2,1-5H3,(H,31,35)(H,32,36)/t21-,22-. The lowest BCUT2D eigenvalue weighted by Crippen LogP contribution is -2.41. The SMILES string of the molecule is CCN(c1cc(-c2nccn2C)cc(C(=O)NCc2c(C)cc(C)[nH]c2=O)c1C)[C@H]1CC[C@H](N)CC1. The Morgan fingerprint density at radius 2 is 1.92 bits per heavy atom. The van der Waals surface area contributed by atoms with Gasteiger partial charge in [0, 0.05) is 72.7 Å². The van der Waals surface area contributed by atoms with Crippen LogP contribution < -0.4 is 21.5 Å². The summed E-state index contributed by atoms with van der Waals surface area (Å²) in [4.78, 5) is 35.8. The molecule has 8 heteroatoms. The van der Waals surface area contributed by atoms with Crippen LogP contribution in [-0.2, 0) is 13.6 Å². The second-order valence-electron chi connectivity index (χ2n) is 10.0. The Morgan fingerprint density at radius 1 is 1.19 bits per heavy atom. The van der Waals surface area contributed by atoms with E-state index in [1.807, 2.05) is 50.7 Å². The van der Waals surface area contributed by atoms with Crippen LogP contribution in [0.3, 0.4) is 0 Å². The average Bonchev–Trinajstić information content (AvgIpc) is 3.26. The highest BCUT2D eigenvalue weighted by atomic mass is 16.1. The molecule has 4 N–H and O–H groups in total. The second-order valence-corrected chi connectivity index (χ2v) is 10.0. The van der Waals surface area contributed by atoms with Gasteiger partial charge in [-0.2, -0.15) is 0 Å². The lowest BCUT2D eigenvalue weighted by Gasteiger charge is -2.38. The lowest BCUT2D eigenvalue weighted by atomic mass is 9.89. The summed E-state index contributed by atoms with van der Waals surface area (Å²) in [7, 11) is 1.95. The maximum Gasteiger partial charge on any atom is 0.253 e. The van der Waals surface area contributed by atoms with Crippen molar-refractivity contribution in [3.63, 3.8) is 0 Å². The molecule has 2 heterocycles. The van der Waals surface area contributed by atoms with Crippen LogP contribution in [0.4, 0.5) is 5.69 Å². The van der Waals surface area contributed by atoms with Crippen molar-refractivity contribution in [3.05, 3.63) is 68.9 Å². The molecule has 0 radical (unpaired) electrons. The second kappa shape index (κ2) is 10.7. The highest BCUT2D eigenvalue weighted by molar-refractivity contribution is 5.98. The third-order valence-electron chi connectivity index (χ3n) is 7.46. The van der Waals surface area contributed by atoms with Gasteiger partial charge in [0.05, 0.1) is 0 Å². The molecule has 0 spiro atoms. The number of amides is 1. The first-order chi connectivity index (χ1) is 17.2. The van der Waals surface area contributed by atoms with E-state index in [-0.39, 0.29) is 24.1 Å². The van der Waals surface area contributed by atoms with Crippen molar-refractivity contribution >= 4 is 11.6 Å².